The van der Waals surface area contributed by atoms with Crippen LogP contribution in [-0.2, 0) is 26.0 Å². The van der Waals surface area contributed by atoms with Gasteiger partial charge in [0.1, 0.15) is 0 Å². The molecule has 180 valence electrons. The number of benzene rings is 1. The summed E-state index contributed by atoms with van der Waals surface area (Å²) in [6.45, 7) is 6.46. The molecule has 1 aromatic rings. The van der Waals surface area contributed by atoms with Crippen LogP contribution in [0.5, 0.6) is 0 Å². The molecule has 3 atom stereocenters. The van der Waals surface area contributed by atoms with Crippen molar-refractivity contribution in [2.24, 2.45) is 17.8 Å². The first kappa shape index (κ1) is 22.8. The average Bonchev–Trinajstić information content (AvgIpc) is 3.60. The molecule has 3 fully saturated rings. The van der Waals surface area contributed by atoms with Crippen molar-refractivity contribution < 1.29 is 18.0 Å². The number of sulfonamides is 1. The van der Waals surface area contributed by atoms with E-state index in [1.54, 1.807) is 18.2 Å². The van der Waals surface area contributed by atoms with Crippen molar-refractivity contribution in [1.82, 2.24) is 9.21 Å². The number of rotatable bonds is 4. The average molecular weight is 474 g/mol. The molecule has 0 bridgehead atoms. The van der Waals surface area contributed by atoms with Crippen molar-refractivity contribution in [1.29, 1.82) is 0 Å². The maximum atomic E-state index is 13.5. The third-order valence-corrected chi connectivity index (χ3v) is 9.63. The number of amides is 2. The van der Waals surface area contributed by atoms with Crippen LogP contribution in [0.2, 0.25) is 0 Å². The number of hydrogen-bond acceptors (Lipinski definition) is 4. The van der Waals surface area contributed by atoms with Crippen LogP contribution in [-0.4, -0.2) is 61.7 Å². The minimum absolute atomic E-state index is 0.0509. The van der Waals surface area contributed by atoms with E-state index in [9.17, 15) is 18.0 Å². The molecule has 1 aliphatic carbocycles. The Kier molecular flexibility index (Phi) is 6.02. The Morgan fingerprint density at radius 3 is 2.39 bits per heavy atom. The van der Waals surface area contributed by atoms with E-state index in [0.717, 1.165) is 56.4 Å². The highest BCUT2D eigenvalue weighted by Gasteiger charge is 2.41. The Balaban J connectivity index is 1.33. The Morgan fingerprint density at radius 2 is 1.67 bits per heavy atom. The van der Waals surface area contributed by atoms with Gasteiger partial charge in [-0.1, -0.05) is 6.92 Å². The minimum atomic E-state index is -3.69. The summed E-state index contributed by atoms with van der Waals surface area (Å²) >= 11 is 0. The molecule has 8 heteroatoms. The fraction of sp³-hybridized carbons (Fsp3) is 0.680. The van der Waals surface area contributed by atoms with Crippen molar-refractivity contribution in [3.63, 3.8) is 0 Å². The molecule has 3 heterocycles. The molecule has 1 saturated carbocycles. The van der Waals surface area contributed by atoms with Gasteiger partial charge in [-0.05, 0) is 81.5 Å². The van der Waals surface area contributed by atoms with Gasteiger partial charge >= 0.3 is 0 Å². The van der Waals surface area contributed by atoms with E-state index in [1.165, 1.54) is 4.31 Å². The predicted molar refractivity (Wildman–Crippen MR) is 126 cm³/mol. The van der Waals surface area contributed by atoms with Crippen molar-refractivity contribution in [3.05, 3.63) is 23.8 Å². The van der Waals surface area contributed by atoms with Crippen LogP contribution < -0.4 is 4.90 Å². The molecular formula is C25H35N3O4S. The lowest BCUT2D eigenvalue weighted by atomic mass is 9.94. The van der Waals surface area contributed by atoms with Crippen LogP contribution >= 0.6 is 0 Å². The molecule has 2 amide bonds. The van der Waals surface area contributed by atoms with Crippen LogP contribution in [0.25, 0.3) is 0 Å². The Labute approximate surface area is 197 Å². The van der Waals surface area contributed by atoms with Gasteiger partial charge in [-0.2, -0.15) is 4.31 Å². The van der Waals surface area contributed by atoms with Gasteiger partial charge < -0.3 is 9.80 Å². The fourth-order valence-corrected chi connectivity index (χ4v) is 7.36. The SMILES string of the molecule is C[C@@H]1CCCN(C(=O)[C@H]2CCCN(S(=O)(=O)c3ccc4c(c3)C[C@H](C)N4C(=O)C3CC3)C2)C1. The van der Waals surface area contributed by atoms with E-state index < -0.39 is 10.0 Å². The molecule has 0 aromatic heterocycles. The van der Waals surface area contributed by atoms with Crippen LogP contribution in [0.1, 0.15) is 57.9 Å². The number of hydrogen-bond donors (Lipinski definition) is 0. The zero-order chi connectivity index (χ0) is 23.3. The smallest absolute Gasteiger partial charge is 0.243 e. The molecule has 2 saturated heterocycles. The monoisotopic (exact) mass is 473 g/mol. The number of carbonyl (C=O) groups excluding carboxylic acids is 2. The number of nitrogens with zero attached hydrogens (tertiary/aromatic N) is 3. The van der Waals surface area contributed by atoms with Crippen molar-refractivity contribution in [2.75, 3.05) is 31.1 Å². The zero-order valence-corrected chi connectivity index (χ0v) is 20.5. The van der Waals surface area contributed by atoms with E-state index in [-0.39, 0.29) is 41.1 Å². The second-order valence-electron chi connectivity index (χ2n) is 10.6. The standard InChI is InChI=1S/C25H35N3O4S/c1-17-5-3-11-26(15-17)24(29)20-6-4-12-27(16-20)33(31,32)22-9-10-23-21(14-22)13-18(2)28(23)25(30)19-7-8-19/h9-10,14,17-20H,3-8,11-13,15-16H2,1-2H3/t17-,18+,20+/m1/s1. The first-order chi connectivity index (χ1) is 15.8. The van der Waals surface area contributed by atoms with Gasteiger partial charge in [0, 0.05) is 43.8 Å². The molecule has 1 aromatic carbocycles. The minimum Gasteiger partial charge on any atom is -0.342 e. The molecule has 5 rings (SSSR count). The molecule has 4 aliphatic rings. The molecule has 0 N–H and O–H groups in total. The van der Waals surface area contributed by atoms with E-state index in [0.29, 0.717) is 25.3 Å². The lowest BCUT2D eigenvalue weighted by Gasteiger charge is -2.37. The van der Waals surface area contributed by atoms with Crippen LogP contribution in [0.3, 0.4) is 0 Å². The number of carbonyl (C=O) groups is 2. The van der Waals surface area contributed by atoms with Gasteiger partial charge in [0.2, 0.25) is 21.8 Å². The summed E-state index contributed by atoms with van der Waals surface area (Å²) in [6.07, 6.45) is 6.20. The predicted octanol–water partition coefficient (Wildman–Crippen LogP) is 3.03. The molecular weight excluding hydrogens is 438 g/mol. The van der Waals surface area contributed by atoms with Gasteiger partial charge in [0.25, 0.3) is 0 Å². The second kappa shape index (κ2) is 8.69. The largest absolute Gasteiger partial charge is 0.342 e. The Hall–Kier alpha value is -1.93. The Bertz CT molecular complexity index is 1050. The van der Waals surface area contributed by atoms with E-state index in [1.807, 2.05) is 16.7 Å². The maximum absolute atomic E-state index is 13.5. The summed E-state index contributed by atoms with van der Waals surface area (Å²) in [5, 5.41) is 0. The van der Waals surface area contributed by atoms with Gasteiger partial charge in [-0.15, -0.1) is 0 Å². The molecule has 0 unspecified atom stereocenters. The number of fused-ring (bicyclic) bond motifs is 1. The van der Waals surface area contributed by atoms with E-state index in [2.05, 4.69) is 6.92 Å². The maximum Gasteiger partial charge on any atom is 0.243 e. The lowest BCUT2D eigenvalue weighted by Crippen LogP contribution is -2.48. The molecule has 7 nitrogen and oxygen atoms in total. The number of anilines is 1. The van der Waals surface area contributed by atoms with E-state index >= 15 is 0 Å². The second-order valence-corrected chi connectivity index (χ2v) is 12.5. The summed E-state index contributed by atoms with van der Waals surface area (Å²) in [5.41, 5.74) is 1.77. The molecule has 0 radical (unpaired) electrons. The first-order valence-electron chi connectivity index (χ1n) is 12.5. The number of likely N-dealkylation sites (tertiary alicyclic amines) is 1. The molecule has 3 aliphatic heterocycles. The normalized spacial score (nSPS) is 28.6. The topological polar surface area (TPSA) is 78.0 Å². The highest BCUT2D eigenvalue weighted by Crippen LogP contribution is 2.40. The van der Waals surface area contributed by atoms with Crippen LogP contribution in [0.15, 0.2) is 23.1 Å². The number of piperidine rings is 2. The van der Waals surface area contributed by atoms with Gasteiger partial charge in [0.15, 0.2) is 0 Å². The quantitative estimate of drug-likeness (QED) is 0.673. The van der Waals surface area contributed by atoms with Crippen molar-refractivity contribution in [2.45, 2.75) is 69.7 Å². The van der Waals surface area contributed by atoms with Gasteiger partial charge in [0.05, 0.1) is 10.8 Å². The summed E-state index contributed by atoms with van der Waals surface area (Å²) in [7, 11) is -3.69. The highest BCUT2D eigenvalue weighted by molar-refractivity contribution is 7.89. The summed E-state index contributed by atoms with van der Waals surface area (Å²) in [5.74, 6) is 0.651. The third kappa shape index (κ3) is 4.32. The van der Waals surface area contributed by atoms with Gasteiger partial charge in [-0.25, -0.2) is 8.42 Å². The lowest BCUT2D eigenvalue weighted by molar-refractivity contribution is -0.138. The summed E-state index contributed by atoms with van der Waals surface area (Å²) in [4.78, 5) is 29.9. The fourth-order valence-electron chi connectivity index (χ4n) is 5.79. The van der Waals surface area contributed by atoms with Gasteiger partial charge in [-0.3, -0.25) is 9.59 Å². The summed E-state index contributed by atoms with van der Waals surface area (Å²) < 4.78 is 28.5. The first-order valence-corrected chi connectivity index (χ1v) is 13.9. The van der Waals surface area contributed by atoms with Crippen molar-refractivity contribution in [3.8, 4) is 0 Å². The molecule has 33 heavy (non-hydrogen) atoms. The summed E-state index contributed by atoms with van der Waals surface area (Å²) in [6, 6.07) is 5.24. The van der Waals surface area contributed by atoms with Crippen molar-refractivity contribution >= 4 is 27.5 Å². The Morgan fingerprint density at radius 1 is 0.909 bits per heavy atom. The van der Waals surface area contributed by atoms with Crippen LogP contribution in [0.4, 0.5) is 5.69 Å². The highest BCUT2D eigenvalue weighted by atomic mass is 32.2. The molecule has 0 spiro atoms. The van der Waals surface area contributed by atoms with Crippen LogP contribution in [0, 0.1) is 17.8 Å². The van der Waals surface area contributed by atoms with E-state index in [4.69, 9.17) is 0 Å². The zero-order valence-electron chi connectivity index (χ0n) is 19.7. The third-order valence-electron chi connectivity index (χ3n) is 7.77.